The molecule has 2 aromatic rings. The quantitative estimate of drug-likeness (QED) is 0.862. The summed E-state index contributed by atoms with van der Waals surface area (Å²) in [5, 5.41) is 0. The SMILES string of the molecule is Cc1ccc(C(=O)N2CCN(CCc3ccccc3)CC2)c(C)c1. The number of piperazine rings is 1. The highest BCUT2D eigenvalue weighted by atomic mass is 16.2. The van der Waals surface area contributed by atoms with E-state index in [4.69, 9.17) is 0 Å². The number of carbonyl (C=O) groups excluding carboxylic acids is 1. The number of carbonyl (C=O) groups is 1. The third-order valence-electron chi connectivity index (χ3n) is 4.83. The van der Waals surface area contributed by atoms with Gasteiger partial charge in [0.05, 0.1) is 0 Å². The normalized spacial score (nSPS) is 15.5. The van der Waals surface area contributed by atoms with Gasteiger partial charge < -0.3 is 4.90 Å². The third-order valence-corrected chi connectivity index (χ3v) is 4.83. The van der Waals surface area contributed by atoms with E-state index in [9.17, 15) is 4.79 Å². The molecule has 1 saturated heterocycles. The summed E-state index contributed by atoms with van der Waals surface area (Å²) in [7, 11) is 0. The van der Waals surface area contributed by atoms with Crippen LogP contribution in [-0.4, -0.2) is 48.4 Å². The van der Waals surface area contributed by atoms with Crippen LogP contribution in [0.1, 0.15) is 27.0 Å². The van der Waals surface area contributed by atoms with Gasteiger partial charge >= 0.3 is 0 Å². The molecule has 3 heteroatoms. The highest BCUT2D eigenvalue weighted by molar-refractivity contribution is 5.95. The Bertz CT molecular complexity index is 688. The van der Waals surface area contributed by atoms with Crippen molar-refractivity contribution in [3.8, 4) is 0 Å². The van der Waals surface area contributed by atoms with Gasteiger partial charge in [0.1, 0.15) is 0 Å². The third kappa shape index (κ3) is 4.04. The van der Waals surface area contributed by atoms with Gasteiger partial charge in [-0.1, -0.05) is 48.0 Å². The molecular weight excluding hydrogens is 296 g/mol. The lowest BCUT2D eigenvalue weighted by molar-refractivity contribution is 0.0638. The molecule has 0 radical (unpaired) electrons. The van der Waals surface area contributed by atoms with Crippen LogP contribution in [0.25, 0.3) is 0 Å². The molecular formula is C21H26N2O. The lowest BCUT2D eigenvalue weighted by Gasteiger charge is -2.35. The average molecular weight is 322 g/mol. The van der Waals surface area contributed by atoms with Crippen LogP contribution >= 0.6 is 0 Å². The smallest absolute Gasteiger partial charge is 0.254 e. The summed E-state index contributed by atoms with van der Waals surface area (Å²) in [5.41, 5.74) is 4.51. The molecule has 3 nitrogen and oxygen atoms in total. The van der Waals surface area contributed by atoms with Crippen molar-refractivity contribution >= 4 is 5.91 Å². The molecule has 3 rings (SSSR count). The second kappa shape index (κ2) is 7.63. The van der Waals surface area contributed by atoms with E-state index in [2.05, 4.69) is 48.2 Å². The summed E-state index contributed by atoms with van der Waals surface area (Å²) in [6.07, 6.45) is 1.08. The summed E-state index contributed by atoms with van der Waals surface area (Å²) >= 11 is 0. The van der Waals surface area contributed by atoms with E-state index in [1.807, 2.05) is 24.0 Å². The number of aryl methyl sites for hydroxylation is 2. The summed E-state index contributed by atoms with van der Waals surface area (Å²) in [6, 6.07) is 16.7. The molecule has 0 atom stereocenters. The van der Waals surface area contributed by atoms with Gasteiger partial charge in [-0.25, -0.2) is 0 Å². The van der Waals surface area contributed by atoms with E-state index in [0.29, 0.717) is 0 Å². The number of hydrogen-bond acceptors (Lipinski definition) is 2. The molecule has 0 saturated carbocycles. The van der Waals surface area contributed by atoms with E-state index in [-0.39, 0.29) is 5.91 Å². The van der Waals surface area contributed by atoms with Crippen molar-refractivity contribution < 1.29 is 4.79 Å². The van der Waals surface area contributed by atoms with Crippen LogP contribution in [0.4, 0.5) is 0 Å². The molecule has 2 aromatic carbocycles. The lowest BCUT2D eigenvalue weighted by atomic mass is 10.0. The summed E-state index contributed by atoms with van der Waals surface area (Å²) in [4.78, 5) is 17.2. The maximum atomic E-state index is 12.7. The second-order valence-corrected chi connectivity index (χ2v) is 6.69. The molecule has 126 valence electrons. The Labute approximate surface area is 144 Å². The fourth-order valence-corrected chi connectivity index (χ4v) is 3.33. The summed E-state index contributed by atoms with van der Waals surface area (Å²) in [5.74, 6) is 0.176. The van der Waals surface area contributed by atoms with Crippen LogP contribution in [0.15, 0.2) is 48.5 Å². The van der Waals surface area contributed by atoms with Gasteiger partial charge in [-0.3, -0.25) is 9.69 Å². The Morgan fingerprint density at radius 2 is 1.67 bits per heavy atom. The van der Waals surface area contributed by atoms with Crippen LogP contribution in [0, 0.1) is 13.8 Å². The monoisotopic (exact) mass is 322 g/mol. The number of hydrogen-bond donors (Lipinski definition) is 0. The van der Waals surface area contributed by atoms with Crippen LogP contribution in [-0.2, 0) is 6.42 Å². The molecule has 1 amide bonds. The Morgan fingerprint density at radius 1 is 0.958 bits per heavy atom. The van der Waals surface area contributed by atoms with Gasteiger partial charge in [-0.05, 0) is 37.5 Å². The van der Waals surface area contributed by atoms with Gasteiger partial charge in [-0.2, -0.15) is 0 Å². The molecule has 0 N–H and O–H groups in total. The highest BCUT2D eigenvalue weighted by Gasteiger charge is 2.22. The maximum absolute atomic E-state index is 12.7. The fraction of sp³-hybridized carbons (Fsp3) is 0.381. The first-order valence-corrected chi connectivity index (χ1v) is 8.76. The van der Waals surface area contributed by atoms with E-state index in [1.54, 1.807) is 0 Å². The molecule has 0 aromatic heterocycles. The first-order valence-electron chi connectivity index (χ1n) is 8.76. The molecule has 1 aliphatic rings. The van der Waals surface area contributed by atoms with Crippen LogP contribution < -0.4 is 0 Å². The van der Waals surface area contributed by atoms with Crippen LogP contribution in [0.3, 0.4) is 0 Å². The Balaban J connectivity index is 1.52. The number of nitrogens with zero attached hydrogens (tertiary/aromatic N) is 2. The van der Waals surface area contributed by atoms with Gasteiger partial charge in [0.25, 0.3) is 5.91 Å². The van der Waals surface area contributed by atoms with E-state index >= 15 is 0 Å². The topological polar surface area (TPSA) is 23.6 Å². The second-order valence-electron chi connectivity index (χ2n) is 6.69. The van der Waals surface area contributed by atoms with Crippen LogP contribution in [0.2, 0.25) is 0 Å². The average Bonchev–Trinajstić information content (AvgIpc) is 2.61. The Hall–Kier alpha value is -2.13. The van der Waals surface area contributed by atoms with Crippen molar-refractivity contribution in [1.82, 2.24) is 9.80 Å². The standard InChI is InChI=1S/C21H26N2O/c1-17-8-9-20(18(2)16-17)21(24)23-14-12-22(13-15-23)11-10-19-6-4-3-5-7-19/h3-9,16H,10-15H2,1-2H3. The molecule has 0 unspecified atom stereocenters. The minimum atomic E-state index is 0.176. The van der Waals surface area contributed by atoms with Gasteiger partial charge in [0, 0.05) is 38.3 Å². The predicted octanol–water partition coefficient (Wildman–Crippen LogP) is 3.30. The van der Waals surface area contributed by atoms with Gasteiger partial charge in [0.15, 0.2) is 0 Å². The van der Waals surface area contributed by atoms with Crippen molar-refractivity contribution in [3.63, 3.8) is 0 Å². The Morgan fingerprint density at radius 3 is 2.33 bits per heavy atom. The van der Waals surface area contributed by atoms with Crippen molar-refractivity contribution in [2.75, 3.05) is 32.7 Å². The van der Waals surface area contributed by atoms with Crippen molar-refractivity contribution in [3.05, 3.63) is 70.8 Å². The number of amides is 1. The van der Waals surface area contributed by atoms with E-state index in [1.165, 1.54) is 11.1 Å². The molecule has 1 heterocycles. The van der Waals surface area contributed by atoms with Crippen molar-refractivity contribution in [2.45, 2.75) is 20.3 Å². The molecule has 0 spiro atoms. The number of rotatable bonds is 4. The first kappa shape index (κ1) is 16.7. The largest absolute Gasteiger partial charge is 0.336 e. The molecule has 24 heavy (non-hydrogen) atoms. The zero-order chi connectivity index (χ0) is 16.9. The van der Waals surface area contributed by atoms with Crippen molar-refractivity contribution in [1.29, 1.82) is 0 Å². The predicted molar refractivity (Wildman–Crippen MR) is 98.4 cm³/mol. The summed E-state index contributed by atoms with van der Waals surface area (Å²) < 4.78 is 0. The lowest BCUT2D eigenvalue weighted by Crippen LogP contribution is -2.49. The van der Waals surface area contributed by atoms with Gasteiger partial charge in [0.2, 0.25) is 0 Å². The molecule has 0 aliphatic carbocycles. The minimum Gasteiger partial charge on any atom is -0.336 e. The highest BCUT2D eigenvalue weighted by Crippen LogP contribution is 2.15. The van der Waals surface area contributed by atoms with Crippen molar-refractivity contribution in [2.24, 2.45) is 0 Å². The molecule has 1 fully saturated rings. The maximum Gasteiger partial charge on any atom is 0.254 e. The molecule has 1 aliphatic heterocycles. The summed E-state index contributed by atoms with van der Waals surface area (Å²) in [6.45, 7) is 8.72. The van der Waals surface area contributed by atoms with Crippen LogP contribution in [0.5, 0.6) is 0 Å². The Kier molecular flexibility index (Phi) is 5.31. The minimum absolute atomic E-state index is 0.176. The first-order chi connectivity index (χ1) is 11.6. The van der Waals surface area contributed by atoms with E-state index in [0.717, 1.165) is 50.3 Å². The van der Waals surface area contributed by atoms with Gasteiger partial charge in [-0.15, -0.1) is 0 Å². The van der Waals surface area contributed by atoms with E-state index < -0.39 is 0 Å². The zero-order valence-electron chi connectivity index (χ0n) is 14.7. The molecule has 0 bridgehead atoms. The zero-order valence-corrected chi connectivity index (χ0v) is 14.7. The number of benzene rings is 2. The fourth-order valence-electron chi connectivity index (χ4n) is 3.33.